The van der Waals surface area contributed by atoms with Gasteiger partial charge >= 0.3 is 0 Å². The summed E-state index contributed by atoms with van der Waals surface area (Å²) in [6.45, 7) is 13.9. The molecule has 2 rings (SSSR count). The third-order valence-corrected chi connectivity index (χ3v) is 4.60. The Morgan fingerprint density at radius 3 is 2.57 bits per heavy atom. The number of nitrogens with one attached hydrogen (secondary N) is 1. The van der Waals surface area contributed by atoms with Crippen LogP contribution in [0.25, 0.3) is 0 Å². The van der Waals surface area contributed by atoms with E-state index in [1.54, 1.807) is 0 Å². The number of piperazine rings is 1. The molecule has 1 N–H and O–H groups in total. The molecular weight excluding hydrogens is 258 g/mol. The van der Waals surface area contributed by atoms with Crippen molar-refractivity contribution in [3.63, 3.8) is 0 Å². The summed E-state index contributed by atoms with van der Waals surface area (Å²) in [5, 5.41) is 3.68. The van der Waals surface area contributed by atoms with Crippen molar-refractivity contribution in [3.05, 3.63) is 34.9 Å². The lowest BCUT2D eigenvalue weighted by Crippen LogP contribution is -2.45. The minimum atomic E-state index is 0.442. The van der Waals surface area contributed by atoms with E-state index in [9.17, 15) is 0 Å². The molecule has 1 saturated heterocycles. The fourth-order valence-corrected chi connectivity index (χ4v) is 3.03. The summed E-state index contributed by atoms with van der Waals surface area (Å²) in [7, 11) is 2.21. The Bertz CT molecular complexity index is 436. The molecule has 1 fully saturated rings. The predicted octanol–water partition coefficient (Wildman–Crippen LogP) is 2.59. The summed E-state index contributed by atoms with van der Waals surface area (Å²) in [5.74, 6) is 0. The van der Waals surface area contributed by atoms with Crippen LogP contribution in [0.5, 0.6) is 0 Å². The highest BCUT2D eigenvalue weighted by Gasteiger charge is 2.13. The molecule has 1 aromatic rings. The van der Waals surface area contributed by atoms with Gasteiger partial charge in [0.15, 0.2) is 0 Å². The van der Waals surface area contributed by atoms with E-state index in [4.69, 9.17) is 0 Å². The second kappa shape index (κ2) is 7.92. The molecule has 0 amide bonds. The molecule has 3 heteroatoms. The van der Waals surface area contributed by atoms with Gasteiger partial charge in [0.05, 0.1) is 0 Å². The minimum Gasteiger partial charge on any atom is -0.310 e. The molecule has 1 unspecified atom stereocenters. The van der Waals surface area contributed by atoms with Crippen LogP contribution in [0.15, 0.2) is 18.2 Å². The standard InChI is InChI=1S/C18H31N3/c1-15-6-7-16(2)18(14-15)17(3)19-8-5-9-21-12-10-20(4)11-13-21/h6-7,14,17,19H,5,8-13H2,1-4H3. The number of likely N-dealkylation sites (N-methyl/N-ethyl adjacent to an activating group) is 1. The third kappa shape index (κ3) is 5.10. The van der Waals surface area contributed by atoms with E-state index in [1.807, 2.05) is 0 Å². The van der Waals surface area contributed by atoms with Gasteiger partial charge in [0.1, 0.15) is 0 Å². The highest BCUT2D eigenvalue weighted by molar-refractivity contribution is 5.32. The first-order valence-corrected chi connectivity index (χ1v) is 8.27. The maximum atomic E-state index is 3.68. The van der Waals surface area contributed by atoms with Crippen LogP contribution < -0.4 is 5.32 Å². The molecule has 0 saturated carbocycles. The Kier molecular flexibility index (Phi) is 6.22. The predicted molar refractivity (Wildman–Crippen MR) is 90.9 cm³/mol. The van der Waals surface area contributed by atoms with E-state index >= 15 is 0 Å². The number of rotatable bonds is 6. The Morgan fingerprint density at radius 1 is 1.14 bits per heavy atom. The smallest absolute Gasteiger partial charge is 0.0294 e. The molecule has 1 aliphatic rings. The highest BCUT2D eigenvalue weighted by Crippen LogP contribution is 2.18. The van der Waals surface area contributed by atoms with Gasteiger partial charge in [-0.05, 0) is 58.5 Å². The first-order chi connectivity index (χ1) is 10.1. The molecule has 118 valence electrons. The van der Waals surface area contributed by atoms with Crippen molar-refractivity contribution in [1.82, 2.24) is 15.1 Å². The molecule has 0 aliphatic carbocycles. The van der Waals surface area contributed by atoms with E-state index in [0.717, 1.165) is 6.54 Å². The van der Waals surface area contributed by atoms with Gasteiger partial charge in [-0.15, -0.1) is 0 Å². The summed E-state index contributed by atoms with van der Waals surface area (Å²) in [6.07, 6.45) is 1.24. The molecule has 1 aromatic carbocycles. The highest BCUT2D eigenvalue weighted by atomic mass is 15.2. The van der Waals surface area contributed by atoms with E-state index in [-0.39, 0.29) is 0 Å². The number of nitrogens with zero attached hydrogens (tertiary/aromatic N) is 2. The lowest BCUT2D eigenvalue weighted by Gasteiger charge is -2.32. The molecule has 0 bridgehead atoms. The van der Waals surface area contributed by atoms with Crippen LogP contribution in [-0.2, 0) is 0 Å². The SMILES string of the molecule is Cc1ccc(C)c(C(C)NCCCN2CCN(C)CC2)c1. The number of hydrogen-bond acceptors (Lipinski definition) is 3. The van der Waals surface area contributed by atoms with E-state index in [0.29, 0.717) is 6.04 Å². The van der Waals surface area contributed by atoms with Crippen LogP contribution in [0.2, 0.25) is 0 Å². The molecule has 1 heterocycles. The van der Waals surface area contributed by atoms with Gasteiger partial charge in [0.2, 0.25) is 0 Å². The fraction of sp³-hybridized carbons (Fsp3) is 0.667. The quantitative estimate of drug-likeness (QED) is 0.812. The summed E-state index contributed by atoms with van der Waals surface area (Å²) in [6, 6.07) is 7.18. The van der Waals surface area contributed by atoms with Crippen LogP contribution in [0, 0.1) is 13.8 Å². The van der Waals surface area contributed by atoms with Gasteiger partial charge in [0, 0.05) is 32.2 Å². The molecular formula is C18H31N3. The molecule has 1 aliphatic heterocycles. The molecule has 0 aromatic heterocycles. The first kappa shape index (κ1) is 16.5. The number of benzene rings is 1. The summed E-state index contributed by atoms with van der Waals surface area (Å²) < 4.78 is 0. The molecule has 1 atom stereocenters. The van der Waals surface area contributed by atoms with Crippen molar-refractivity contribution < 1.29 is 0 Å². The van der Waals surface area contributed by atoms with Crippen LogP contribution in [0.3, 0.4) is 0 Å². The van der Waals surface area contributed by atoms with Gasteiger partial charge in [0.25, 0.3) is 0 Å². The van der Waals surface area contributed by atoms with E-state index in [1.165, 1.54) is 55.8 Å². The largest absolute Gasteiger partial charge is 0.310 e. The van der Waals surface area contributed by atoms with Crippen molar-refractivity contribution in [3.8, 4) is 0 Å². The first-order valence-electron chi connectivity index (χ1n) is 8.27. The summed E-state index contributed by atoms with van der Waals surface area (Å²) >= 11 is 0. The van der Waals surface area contributed by atoms with Gasteiger partial charge < -0.3 is 15.1 Å². The van der Waals surface area contributed by atoms with E-state index < -0.39 is 0 Å². The van der Waals surface area contributed by atoms with Crippen LogP contribution >= 0.6 is 0 Å². The van der Waals surface area contributed by atoms with Crippen molar-refractivity contribution >= 4 is 0 Å². The maximum Gasteiger partial charge on any atom is 0.0294 e. The van der Waals surface area contributed by atoms with Gasteiger partial charge in [-0.1, -0.05) is 23.8 Å². The average Bonchev–Trinajstić information content (AvgIpc) is 2.47. The van der Waals surface area contributed by atoms with Gasteiger partial charge in [-0.3, -0.25) is 0 Å². The fourth-order valence-electron chi connectivity index (χ4n) is 3.03. The number of aryl methyl sites for hydroxylation is 2. The zero-order chi connectivity index (χ0) is 15.2. The van der Waals surface area contributed by atoms with Crippen LogP contribution in [0.1, 0.15) is 36.1 Å². The van der Waals surface area contributed by atoms with E-state index in [2.05, 4.69) is 61.1 Å². The topological polar surface area (TPSA) is 18.5 Å². The monoisotopic (exact) mass is 289 g/mol. The molecule has 0 radical (unpaired) electrons. The molecule has 0 spiro atoms. The van der Waals surface area contributed by atoms with Crippen molar-refractivity contribution in [2.75, 3.05) is 46.3 Å². The lowest BCUT2D eigenvalue weighted by atomic mass is 10.00. The van der Waals surface area contributed by atoms with Crippen molar-refractivity contribution in [1.29, 1.82) is 0 Å². The summed E-state index contributed by atoms with van der Waals surface area (Å²) in [4.78, 5) is 5.00. The zero-order valence-corrected chi connectivity index (χ0v) is 14.2. The van der Waals surface area contributed by atoms with Crippen LogP contribution in [-0.4, -0.2) is 56.1 Å². The second-order valence-corrected chi connectivity index (χ2v) is 6.53. The minimum absolute atomic E-state index is 0.442. The zero-order valence-electron chi connectivity index (χ0n) is 14.2. The van der Waals surface area contributed by atoms with Crippen molar-refractivity contribution in [2.24, 2.45) is 0 Å². The summed E-state index contributed by atoms with van der Waals surface area (Å²) in [5.41, 5.74) is 4.18. The van der Waals surface area contributed by atoms with Crippen molar-refractivity contribution in [2.45, 2.75) is 33.2 Å². The Balaban J connectivity index is 1.69. The Morgan fingerprint density at radius 2 is 1.86 bits per heavy atom. The van der Waals surface area contributed by atoms with Gasteiger partial charge in [-0.2, -0.15) is 0 Å². The average molecular weight is 289 g/mol. The second-order valence-electron chi connectivity index (χ2n) is 6.53. The maximum absolute atomic E-state index is 3.68. The Hall–Kier alpha value is -0.900. The molecule has 3 nitrogen and oxygen atoms in total. The molecule has 21 heavy (non-hydrogen) atoms. The van der Waals surface area contributed by atoms with Gasteiger partial charge in [-0.25, -0.2) is 0 Å². The lowest BCUT2D eigenvalue weighted by molar-refractivity contribution is 0.152. The number of hydrogen-bond donors (Lipinski definition) is 1. The Labute approximate surface area is 130 Å². The normalized spacial score (nSPS) is 18.9. The third-order valence-electron chi connectivity index (χ3n) is 4.60. The van der Waals surface area contributed by atoms with Crippen LogP contribution in [0.4, 0.5) is 0 Å².